The second-order valence-corrected chi connectivity index (χ2v) is 9.01. The van der Waals surface area contributed by atoms with E-state index < -0.39 is 18.0 Å². The van der Waals surface area contributed by atoms with Crippen LogP contribution in [-0.2, 0) is 13.0 Å². The lowest BCUT2D eigenvalue weighted by molar-refractivity contribution is -0.274. The predicted molar refractivity (Wildman–Crippen MR) is 129 cm³/mol. The molecule has 3 aromatic carbocycles. The van der Waals surface area contributed by atoms with E-state index in [2.05, 4.69) is 14.8 Å². The smallest absolute Gasteiger partial charge is 0.465 e. The Labute approximate surface area is 210 Å². The molecule has 0 aliphatic heterocycles. The summed E-state index contributed by atoms with van der Waals surface area (Å²) in [6, 6.07) is 22.6. The third-order valence-corrected chi connectivity index (χ3v) is 6.39. The van der Waals surface area contributed by atoms with Crippen LogP contribution >= 0.6 is 0 Å². The van der Waals surface area contributed by atoms with Crippen molar-refractivity contribution >= 4 is 6.09 Å². The van der Waals surface area contributed by atoms with Crippen LogP contribution in [-0.4, -0.2) is 42.8 Å². The number of halogens is 3. The van der Waals surface area contributed by atoms with Crippen molar-refractivity contribution in [2.45, 2.75) is 37.7 Å². The number of amides is 1. The van der Waals surface area contributed by atoms with Crippen LogP contribution in [0, 0.1) is 0 Å². The molecule has 4 aromatic rings. The molecule has 1 heterocycles. The second kappa shape index (κ2) is 9.61. The topological polar surface area (TPSA) is 80.5 Å². The summed E-state index contributed by atoms with van der Waals surface area (Å²) in [5, 5.41) is 14.3. The molecule has 7 nitrogen and oxygen atoms in total. The van der Waals surface area contributed by atoms with Gasteiger partial charge in [-0.2, -0.15) is 0 Å². The fourth-order valence-corrected chi connectivity index (χ4v) is 4.36. The van der Waals surface area contributed by atoms with Crippen molar-refractivity contribution in [3.8, 4) is 22.8 Å². The maximum Gasteiger partial charge on any atom is 0.573 e. The first-order chi connectivity index (χ1) is 17.7. The van der Waals surface area contributed by atoms with Crippen LogP contribution < -0.4 is 4.74 Å². The van der Waals surface area contributed by atoms with E-state index in [9.17, 15) is 23.1 Å². The summed E-state index contributed by atoms with van der Waals surface area (Å²) in [6.45, 7) is 0.346. The van der Waals surface area contributed by atoms with Gasteiger partial charge >= 0.3 is 12.5 Å². The van der Waals surface area contributed by atoms with Crippen LogP contribution in [0.1, 0.15) is 24.0 Å². The standard InChI is InChI=1S/C27H23F3N4O3/c28-27(29,30)37-23-12-10-22(11-13-23)34-18-31-24(32-34)21-8-6-19(7-9-21)16-26(14-15-26)33(25(35)36)17-20-4-2-1-3-5-20/h1-13,18H,14-17H2,(H,35,36). The average Bonchev–Trinajstić information content (AvgIpc) is 3.46. The molecule has 1 fully saturated rings. The Morgan fingerprint density at radius 2 is 1.65 bits per heavy atom. The Bertz CT molecular complexity index is 1370. The van der Waals surface area contributed by atoms with Gasteiger partial charge in [0.1, 0.15) is 12.1 Å². The Hall–Kier alpha value is -4.34. The Kier molecular flexibility index (Phi) is 6.32. The van der Waals surface area contributed by atoms with Crippen molar-refractivity contribution in [3.63, 3.8) is 0 Å². The van der Waals surface area contributed by atoms with Gasteiger partial charge in [0, 0.05) is 12.1 Å². The number of rotatable bonds is 8. The first-order valence-electron chi connectivity index (χ1n) is 11.6. The molecule has 1 aliphatic rings. The number of hydrogen-bond donors (Lipinski definition) is 1. The molecule has 1 amide bonds. The van der Waals surface area contributed by atoms with Crippen molar-refractivity contribution in [2.24, 2.45) is 0 Å². The third kappa shape index (κ3) is 5.74. The quantitative estimate of drug-likeness (QED) is 0.312. The van der Waals surface area contributed by atoms with Gasteiger partial charge in [-0.1, -0.05) is 54.6 Å². The van der Waals surface area contributed by atoms with Gasteiger partial charge in [-0.15, -0.1) is 18.3 Å². The maximum atomic E-state index is 12.4. The predicted octanol–water partition coefficient (Wildman–Crippen LogP) is 6.09. The van der Waals surface area contributed by atoms with Crippen molar-refractivity contribution in [1.29, 1.82) is 0 Å². The van der Waals surface area contributed by atoms with E-state index in [4.69, 9.17) is 0 Å². The molecule has 1 aromatic heterocycles. The number of carboxylic acid groups (broad SMARTS) is 1. The minimum Gasteiger partial charge on any atom is -0.465 e. The first-order valence-corrected chi connectivity index (χ1v) is 11.6. The summed E-state index contributed by atoms with van der Waals surface area (Å²) < 4.78 is 42.5. The zero-order valence-electron chi connectivity index (χ0n) is 19.6. The van der Waals surface area contributed by atoms with Crippen LogP contribution in [0.3, 0.4) is 0 Å². The highest BCUT2D eigenvalue weighted by Gasteiger charge is 2.50. The number of nitrogens with zero attached hydrogens (tertiary/aromatic N) is 4. The van der Waals surface area contributed by atoms with Crippen molar-refractivity contribution in [3.05, 3.63) is 96.3 Å². The summed E-state index contributed by atoms with van der Waals surface area (Å²) in [6.07, 6.45) is -1.96. The summed E-state index contributed by atoms with van der Waals surface area (Å²) in [4.78, 5) is 17.9. The molecule has 0 atom stereocenters. The van der Waals surface area contributed by atoms with Gasteiger partial charge in [-0.05, 0) is 54.7 Å². The maximum absolute atomic E-state index is 12.4. The molecule has 5 rings (SSSR count). The monoisotopic (exact) mass is 508 g/mol. The zero-order chi connectivity index (χ0) is 26.0. The van der Waals surface area contributed by atoms with Crippen LogP contribution in [0.4, 0.5) is 18.0 Å². The zero-order valence-corrected chi connectivity index (χ0v) is 19.6. The normalized spacial score (nSPS) is 14.2. The number of carbonyl (C=O) groups is 1. The van der Waals surface area contributed by atoms with Gasteiger partial charge in [-0.25, -0.2) is 14.5 Å². The lowest BCUT2D eigenvalue weighted by Gasteiger charge is -2.30. The summed E-state index contributed by atoms with van der Waals surface area (Å²) in [7, 11) is 0. The van der Waals surface area contributed by atoms with E-state index in [1.807, 2.05) is 54.6 Å². The summed E-state index contributed by atoms with van der Waals surface area (Å²) >= 11 is 0. The Balaban J connectivity index is 1.27. The van der Waals surface area contributed by atoms with Gasteiger partial charge in [0.25, 0.3) is 0 Å². The van der Waals surface area contributed by atoms with Gasteiger partial charge in [0.2, 0.25) is 0 Å². The minimum absolute atomic E-state index is 0.314. The number of hydrogen-bond acceptors (Lipinski definition) is 4. The van der Waals surface area contributed by atoms with E-state index in [0.717, 1.165) is 29.5 Å². The van der Waals surface area contributed by atoms with E-state index in [0.29, 0.717) is 24.5 Å². The van der Waals surface area contributed by atoms with Gasteiger partial charge < -0.3 is 9.84 Å². The first kappa shape index (κ1) is 24.4. The number of benzene rings is 3. The molecule has 1 saturated carbocycles. The van der Waals surface area contributed by atoms with Crippen LogP contribution in [0.5, 0.6) is 5.75 Å². The average molecular weight is 509 g/mol. The molecule has 0 saturated heterocycles. The molecule has 1 aliphatic carbocycles. The number of ether oxygens (including phenoxy) is 1. The second-order valence-electron chi connectivity index (χ2n) is 9.01. The molecule has 1 N–H and O–H groups in total. The van der Waals surface area contributed by atoms with Crippen molar-refractivity contribution in [2.75, 3.05) is 0 Å². The largest absolute Gasteiger partial charge is 0.573 e. The highest BCUT2D eigenvalue weighted by atomic mass is 19.4. The van der Waals surface area contributed by atoms with Gasteiger partial charge in [0.05, 0.1) is 11.2 Å². The van der Waals surface area contributed by atoms with E-state index in [1.54, 1.807) is 4.90 Å². The number of aromatic nitrogens is 3. The lowest BCUT2D eigenvalue weighted by Crippen LogP contribution is -2.42. The van der Waals surface area contributed by atoms with Crippen LogP contribution in [0.25, 0.3) is 17.1 Å². The van der Waals surface area contributed by atoms with Crippen molar-refractivity contribution in [1.82, 2.24) is 19.7 Å². The Morgan fingerprint density at radius 1 is 0.973 bits per heavy atom. The fraction of sp³-hybridized carbons (Fsp3) is 0.222. The van der Waals surface area contributed by atoms with Gasteiger partial charge in [0.15, 0.2) is 5.82 Å². The molecular weight excluding hydrogens is 485 g/mol. The van der Waals surface area contributed by atoms with Crippen LogP contribution in [0.2, 0.25) is 0 Å². The molecule has 37 heavy (non-hydrogen) atoms. The van der Waals surface area contributed by atoms with E-state index in [-0.39, 0.29) is 5.75 Å². The molecule has 0 unspecified atom stereocenters. The lowest BCUT2D eigenvalue weighted by atomic mass is 10.0. The molecule has 0 radical (unpaired) electrons. The summed E-state index contributed by atoms with van der Waals surface area (Å²) in [5.74, 6) is 0.144. The molecule has 0 bridgehead atoms. The van der Waals surface area contributed by atoms with Gasteiger partial charge in [-0.3, -0.25) is 4.90 Å². The van der Waals surface area contributed by atoms with E-state index in [1.165, 1.54) is 35.3 Å². The molecule has 0 spiro atoms. The minimum atomic E-state index is -4.75. The third-order valence-electron chi connectivity index (χ3n) is 6.39. The Morgan fingerprint density at radius 3 is 2.24 bits per heavy atom. The fourth-order valence-electron chi connectivity index (χ4n) is 4.36. The summed E-state index contributed by atoms with van der Waals surface area (Å²) in [5.41, 5.74) is 2.86. The molecular formula is C27H23F3N4O3. The van der Waals surface area contributed by atoms with Crippen LogP contribution in [0.15, 0.2) is 85.2 Å². The highest BCUT2D eigenvalue weighted by molar-refractivity contribution is 5.67. The van der Waals surface area contributed by atoms with Crippen molar-refractivity contribution < 1.29 is 27.8 Å². The molecule has 10 heteroatoms. The SMILES string of the molecule is O=C(O)N(Cc1ccccc1)C1(Cc2ccc(-c3ncn(-c4ccc(OC(F)(F)F)cc4)n3)cc2)CC1. The van der Waals surface area contributed by atoms with E-state index >= 15 is 0 Å². The number of alkyl halides is 3. The molecule has 190 valence electrons. The highest BCUT2D eigenvalue weighted by Crippen LogP contribution is 2.45.